The van der Waals surface area contributed by atoms with Gasteiger partial charge in [-0.05, 0) is 72.9 Å². The standard InChI is InChI=1S/C26H27N3O3/c1-32-23-12-9-19(10-13-23)15-16-27-26(31)28-22-11-14-24-21(18-22)8-5-17-29(24)25(30)20-6-3-2-4-7-20/h2-4,6-7,9-14,18H,5,8,15-17H2,1H3,(H2,27,28,31). The van der Waals surface area contributed by atoms with Crippen LogP contribution in [0.4, 0.5) is 16.2 Å². The van der Waals surface area contributed by atoms with Gasteiger partial charge in [-0.2, -0.15) is 0 Å². The summed E-state index contributed by atoms with van der Waals surface area (Å²) in [5, 5.41) is 5.79. The van der Waals surface area contributed by atoms with Crippen LogP contribution in [0.5, 0.6) is 5.75 Å². The second-order valence-corrected chi connectivity index (χ2v) is 7.75. The first-order chi connectivity index (χ1) is 15.6. The van der Waals surface area contributed by atoms with E-state index in [1.54, 1.807) is 7.11 Å². The van der Waals surface area contributed by atoms with E-state index in [1.807, 2.05) is 77.7 Å². The van der Waals surface area contributed by atoms with E-state index in [2.05, 4.69) is 10.6 Å². The molecule has 0 atom stereocenters. The summed E-state index contributed by atoms with van der Waals surface area (Å²) < 4.78 is 5.16. The number of fused-ring (bicyclic) bond motifs is 1. The maximum Gasteiger partial charge on any atom is 0.319 e. The van der Waals surface area contributed by atoms with Crippen molar-refractivity contribution in [1.82, 2.24) is 5.32 Å². The second-order valence-electron chi connectivity index (χ2n) is 7.75. The Bertz CT molecular complexity index is 1080. The lowest BCUT2D eigenvalue weighted by Crippen LogP contribution is -2.35. The molecule has 0 saturated carbocycles. The molecule has 0 aromatic heterocycles. The zero-order valence-corrected chi connectivity index (χ0v) is 18.1. The fraction of sp³-hybridized carbons (Fsp3) is 0.231. The summed E-state index contributed by atoms with van der Waals surface area (Å²) in [7, 11) is 1.64. The average molecular weight is 430 g/mol. The van der Waals surface area contributed by atoms with Gasteiger partial charge in [0, 0.05) is 30.0 Å². The molecule has 0 radical (unpaired) electrons. The molecular formula is C26H27N3O3. The fourth-order valence-electron chi connectivity index (χ4n) is 3.91. The first-order valence-corrected chi connectivity index (χ1v) is 10.8. The fourth-order valence-corrected chi connectivity index (χ4v) is 3.91. The summed E-state index contributed by atoms with van der Waals surface area (Å²) in [6.45, 7) is 1.22. The van der Waals surface area contributed by atoms with Crippen molar-refractivity contribution < 1.29 is 14.3 Å². The highest BCUT2D eigenvalue weighted by Crippen LogP contribution is 2.30. The Kier molecular flexibility index (Phi) is 6.70. The van der Waals surface area contributed by atoms with E-state index >= 15 is 0 Å². The topological polar surface area (TPSA) is 70.7 Å². The first kappa shape index (κ1) is 21.4. The number of nitrogens with zero attached hydrogens (tertiary/aromatic N) is 1. The summed E-state index contributed by atoms with van der Waals surface area (Å²) in [5.74, 6) is 0.819. The van der Waals surface area contributed by atoms with Crippen LogP contribution in [0.3, 0.4) is 0 Å². The molecule has 3 aromatic carbocycles. The monoisotopic (exact) mass is 429 g/mol. The predicted molar refractivity (Wildman–Crippen MR) is 127 cm³/mol. The molecule has 164 valence electrons. The quantitative estimate of drug-likeness (QED) is 0.599. The van der Waals surface area contributed by atoms with E-state index in [9.17, 15) is 9.59 Å². The number of urea groups is 1. The summed E-state index contributed by atoms with van der Waals surface area (Å²) in [4.78, 5) is 27.1. The maximum absolute atomic E-state index is 12.9. The molecule has 1 aliphatic heterocycles. The van der Waals surface area contributed by atoms with Crippen LogP contribution < -0.4 is 20.3 Å². The summed E-state index contributed by atoms with van der Waals surface area (Å²) in [5.41, 5.74) is 4.51. The summed E-state index contributed by atoms with van der Waals surface area (Å²) in [6, 6.07) is 22.6. The van der Waals surface area contributed by atoms with E-state index in [0.29, 0.717) is 18.7 Å². The number of carbonyl (C=O) groups is 2. The molecule has 0 bridgehead atoms. The van der Waals surface area contributed by atoms with E-state index in [-0.39, 0.29) is 11.9 Å². The molecule has 0 spiro atoms. The largest absolute Gasteiger partial charge is 0.497 e. The number of hydrogen-bond donors (Lipinski definition) is 2. The average Bonchev–Trinajstić information content (AvgIpc) is 2.84. The highest BCUT2D eigenvalue weighted by atomic mass is 16.5. The van der Waals surface area contributed by atoms with Crippen LogP contribution in [-0.4, -0.2) is 32.1 Å². The second kappa shape index (κ2) is 10.0. The van der Waals surface area contributed by atoms with E-state index in [1.165, 1.54) is 0 Å². The SMILES string of the molecule is COc1ccc(CCNC(=O)Nc2ccc3c(c2)CCCN3C(=O)c2ccccc2)cc1. The van der Waals surface area contributed by atoms with Crippen molar-refractivity contribution in [3.8, 4) is 5.75 Å². The normalized spacial score (nSPS) is 12.6. The lowest BCUT2D eigenvalue weighted by molar-refractivity contribution is 0.0985. The minimum absolute atomic E-state index is 0.00327. The summed E-state index contributed by atoms with van der Waals surface area (Å²) >= 11 is 0. The third-order valence-electron chi connectivity index (χ3n) is 5.58. The number of hydrogen-bond acceptors (Lipinski definition) is 3. The number of anilines is 2. The van der Waals surface area contributed by atoms with E-state index in [4.69, 9.17) is 4.74 Å². The Labute approximate surface area is 188 Å². The minimum Gasteiger partial charge on any atom is -0.497 e. The van der Waals surface area contributed by atoms with Crippen LogP contribution in [0.2, 0.25) is 0 Å². The zero-order chi connectivity index (χ0) is 22.3. The molecule has 1 heterocycles. The van der Waals surface area contributed by atoms with Crippen molar-refractivity contribution in [2.45, 2.75) is 19.3 Å². The Hall–Kier alpha value is -3.80. The van der Waals surface area contributed by atoms with Crippen molar-refractivity contribution in [3.63, 3.8) is 0 Å². The number of rotatable bonds is 6. The molecule has 6 heteroatoms. The smallest absolute Gasteiger partial charge is 0.319 e. The number of aryl methyl sites for hydroxylation is 1. The number of benzene rings is 3. The van der Waals surface area contributed by atoms with Gasteiger partial charge in [0.2, 0.25) is 0 Å². The molecule has 0 saturated heterocycles. The van der Waals surface area contributed by atoms with Crippen molar-refractivity contribution in [2.24, 2.45) is 0 Å². The van der Waals surface area contributed by atoms with Gasteiger partial charge in [-0.3, -0.25) is 4.79 Å². The van der Waals surface area contributed by atoms with Gasteiger partial charge in [-0.15, -0.1) is 0 Å². The van der Waals surface area contributed by atoms with Gasteiger partial charge in [-0.25, -0.2) is 4.79 Å². The Morgan fingerprint density at radius 2 is 1.78 bits per heavy atom. The third-order valence-corrected chi connectivity index (χ3v) is 5.58. The van der Waals surface area contributed by atoms with Gasteiger partial charge in [0.05, 0.1) is 7.11 Å². The van der Waals surface area contributed by atoms with Crippen LogP contribution in [0.25, 0.3) is 0 Å². The summed E-state index contributed by atoms with van der Waals surface area (Å²) in [6.07, 6.45) is 2.50. The molecule has 1 aliphatic rings. The lowest BCUT2D eigenvalue weighted by atomic mass is 10.00. The van der Waals surface area contributed by atoms with Gasteiger partial charge in [-0.1, -0.05) is 30.3 Å². The minimum atomic E-state index is -0.244. The van der Waals surface area contributed by atoms with Crippen LogP contribution in [0.15, 0.2) is 72.8 Å². The number of nitrogens with one attached hydrogen (secondary N) is 2. The van der Waals surface area contributed by atoms with Crippen LogP contribution >= 0.6 is 0 Å². The van der Waals surface area contributed by atoms with E-state index < -0.39 is 0 Å². The predicted octanol–water partition coefficient (Wildman–Crippen LogP) is 4.65. The van der Waals surface area contributed by atoms with Gasteiger partial charge in [0.25, 0.3) is 5.91 Å². The number of ether oxygens (including phenoxy) is 1. The van der Waals surface area contributed by atoms with Gasteiger partial charge < -0.3 is 20.3 Å². The Morgan fingerprint density at radius 3 is 2.53 bits per heavy atom. The van der Waals surface area contributed by atoms with Crippen LogP contribution in [0, 0.1) is 0 Å². The van der Waals surface area contributed by atoms with Crippen LogP contribution in [0.1, 0.15) is 27.9 Å². The molecule has 32 heavy (non-hydrogen) atoms. The molecule has 2 N–H and O–H groups in total. The Morgan fingerprint density at radius 1 is 1.00 bits per heavy atom. The maximum atomic E-state index is 12.9. The Balaban J connectivity index is 1.35. The lowest BCUT2D eigenvalue weighted by Gasteiger charge is -2.30. The van der Waals surface area contributed by atoms with Crippen molar-refractivity contribution in [3.05, 3.63) is 89.5 Å². The van der Waals surface area contributed by atoms with Crippen molar-refractivity contribution >= 4 is 23.3 Å². The molecule has 0 aliphatic carbocycles. The molecule has 3 aromatic rings. The molecule has 3 amide bonds. The van der Waals surface area contributed by atoms with Crippen LogP contribution in [-0.2, 0) is 12.8 Å². The van der Waals surface area contributed by atoms with Gasteiger partial charge in [0.15, 0.2) is 0 Å². The molecule has 0 fully saturated rings. The third kappa shape index (κ3) is 5.09. The van der Waals surface area contributed by atoms with Gasteiger partial charge in [0.1, 0.15) is 5.75 Å². The van der Waals surface area contributed by atoms with Crippen molar-refractivity contribution in [2.75, 3.05) is 30.4 Å². The molecule has 6 nitrogen and oxygen atoms in total. The number of methoxy groups -OCH3 is 1. The molecule has 4 rings (SSSR count). The van der Waals surface area contributed by atoms with Crippen molar-refractivity contribution in [1.29, 1.82) is 0 Å². The number of amides is 3. The highest BCUT2D eigenvalue weighted by molar-refractivity contribution is 6.07. The highest BCUT2D eigenvalue weighted by Gasteiger charge is 2.23. The molecule has 0 unspecified atom stereocenters. The van der Waals surface area contributed by atoms with Gasteiger partial charge >= 0.3 is 6.03 Å². The first-order valence-electron chi connectivity index (χ1n) is 10.8. The zero-order valence-electron chi connectivity index (χ0n) is 18.1. The van der Waals surface area contributed by atoms with E-state index in [0.717, 1.165) is 47.5 Å². The molecular weight excluding hydrogens is 402 g/mol. The number of carbonyl (C=O) groups excluding carboxylic acids is 2.